The first-order valence-corrected chi connectivity index (χ1v) is 7.85. The van der Waals surface area contributed by atoms with Gasteiger partial charge < -0.3 is 19.5 Å². The van der Waals surface area contributed by atoms with Gasteiger partial charge in [0.2, 0.25) is 0 Å². The Kier molecular flexibility index (Phi) is 4.13. The van der Waals surface area contributed by atoms with Gasteiger partial charge >= 0.3 is 0 Å². The number of aliphatic hydroxyl groups is 1. The minimum atomic E-state index is -0.395. The molecule has 1 heterocycles. The summed E-state index contributed by atoms with van der Waals surface area (Å²) in [6.45, 7) is 2.52. The number of rotatable bonds is 3. The van der Waals surface area contributed by atoms with Crippen molar-refractivity contribution in [2.24, 2.45) is 5.92 Å². The van der Waals surface area contributed by atoms with E-state index in [-0.39, 0.29) is 12.1 Å². The Morgan fingerprint density at radius 3 is 2.53 bits per heavy atom. The van der Waals surface area contributed by atoms with Crippen molar-refractivity contribution in [3.05, 3.63) is 0 Å². The molecule has 3 aliphatic rings. The van der Waals surface area contributed by atoms with Crippen LogP contribution < -0.4 is 0 Å². The molecule has 1 aliphatic heterocycles. The first-order chi connectivity index (χ1) is 9.19. The second-order valence-corrected chi connectivity index (χ2v) is 6.58. The van der Waals surface area contributed by atoms with Crippen molar-refractivity contribution in [1.29, 1.82) is 0 Å². The fraction of sp³-hybridized carbons (Fsp3) is 1.00. The Bertz CT molecular complexity index is 298. The van der Waals surface area contributed by atoms with E-state index in [1.807, 2.05) is 0 Å². The van der Waals surface area contributed by atoms with E-state index in [1.165, 1.54) is 25.7 Å². The van der Waals surface area contributed by atoms with E-state index in [2.05, 4.69) is 11.9 Å². The molecular formula is C15H27NO3. The minimum Gasteiger partial charge on any atom is -0.391 e. The fourth-order valence-electron chi connectivity index (χ4n) is 4.06. The molecule has 4 nitrogen and oxygen atoms in total. The van der Waals surface area contributed by atoms with Gasteiger partial charge in [0.1, 0.15) is 0 Å². The average molecular weight is 269 g/mol. The van der Waals surface area contributed by atoms with Crippen LogP contribution in [0.3, 0.4) is 0 Å². The van der Waals surface area contributed by atoms with Gasteiger partial charge in [0, 0.05) is 25.4 Å². The largest absolute Gasteiger partial charge is 0.391 e. The fourth-order valence-corrected chi connectivity index (χ4v) is 4.06. The molecule has 19 heavy (non-hydrogen) atoms. The summed E-state index contributed by atoms with van der Waals surface area (Å²) < 4.78 is 11.6. The zero-order valence-corrected chi connectivity index (χ0v) is 12.0. The number of likely N-dealkylation sites (N-methyl/N-ethyl adjacent to an activating group) is 1. The molecule has 1 saturated heterocycles. The second kappa shape index (κ2) is 5.68. The molecule has 0 amide bonds. The molecule has 2 aliphatic carbocycles. The summed E-state index contributed by atoms with van der Waals surface area (Å²) in [6, 6.07) is 0.187. The van der Waals surface area contributed by atoms with Crippen LogP contribution in [0.25, 0.3) is 0 Å². The number of hydrogen-bond acceptors (Lipinski definition) is 4. The number of aliphatic hydroxyl groups excluding tert-OH is 1. The maximum absolute atomic E-state index is 10.3. The topological polar surface area (TPSA) is 41.9 Å². The lowest BCUT2D eigenvalue weighted by atomic mass is 9.86. The van der Waals surface area contributed by atoms with E-state index < -0.39 is 5.79 Å². The van der Waals surface area contributed by atoms with Crippen LogP contribution in [0.4, 0.5) is 0 Å². The standard InChI is InChI=1S/C15H27NO3/c1-16(11-12-4-2-3-5-12)13-10-15(7-6-14(13)17)18-8-9-19-15/h12-14,17H,2-11H2,1H3. The van der Waals surface area contributed by atoms with Gasteiger partial charge in [0.25, 0.3) is 0 Å². The van der Waals surface area contributed by atoms with Gasteiger partial charge in [-0.2, -0.15) is 0 Å². The van der Waals surface area contributed by atoms with Crippen molar-refractivity contribution in [2.45, 2.75) is 62.9 Å². The van der Waals surface area contributed by atoms with Gasteiger partial charge in [-0.25, -0.2) is 0 Å². The smallest absolute Gasteiger partial charge is 0.170 e. The van der Waals surface area contributed by atoms with Crippen LogP contribution in [-0.4, -0.2) is 54.7 Å². The quantitative estimate of drug-likeness (QED) is 0.848. The molecule has 0 radical (unpaired) electrons. The van der Waals surface area contributed by atoms with E-state index in [4.69, 9.17) is 9.47 Å². The third-order valence-electron chi connectivity index (χ3n) is 5.19. The van der Waals surface area contributed by atoms with Crippen molar-refractivity contribution in [3.63, 3.8) is 0 Å². The van der Waals surface area contributed by atoms with Crippen molar-refractivity contribution in [2.75, 3.05) is 26.8 Å². The molecule has 0 aromatic heterocycles. The predicted molar refractivity (Wildman–Crippen MR) is 72.9 cm³/mol. The lowest BCUT2D eigenvalue weighted by Gasteiger charge is -2.43. The lowest BCUT2D eigenvalue weighted by molar-refractivity contribution is -0.204. The van der Waals surface area contributed by atoms with E-state index >= 15 is 0 Å². The molecule has 1 N–H and O–H groups in total. The molecule has 0 aromatic rings. The Morgan fingerprint density at radius 1 is 1.16 bits per heavy atom. The van der Waals surface area contributed by atoms with Gasteiger partial charge in [-0.3, -0.25) is 0 Å². The normalized spacial score (nSPS) is 35.5. The maximum atomic E-state index is 10.3. The van der Waals surface area contributed by atoms with Gasteiger partial charge in [0.15, 0.2) is 5.79 Å². The highest BCUT2D eigenvalue weighted by molar-refractivity contribution is 4.93. The first kappa shape index (κ1) is 13.8. The summed E-state index contributed by atoms with van der Waals surface area (Å²) >= 11 is 0. The Labute approximate surface area is 116 Å². The highest BCUT2D eigenvalue weighted by atomic mass is 16.7. The number of nitrogens with zero attached hydrogens (tertiary/aromatic N) is 1. The predicted octanol–water partition coefficient (Wildman–Crippen LogP) is 1.76. The Morgan fingerprint density at radius 2 is 1.84 bits per heavy atom. The molecule has 4 heteroatoms. The second-order valence-electron chi connectivity index (χ2n) is 6.58. The summed E-state index contributed by atoms with van der Waals surface area (Å²) in [5.41, 5.74) is 0. The lowest BCUT2D eigenvalue weighted by Crippen LogP contribution is -2.53. The van der Waals surface area contributed by atoms with Gasteiger partial charge in [-0.1, -0.05) is 12.8 Å². The van der Waals surface area contributed by atoms with E-state index in [0.29, 0.717) is 13.2 Å². The van der Waals surface area contributed by atoms with Gasteiger partial charge in [-0.05, 0) is 32.2 Å². The Hall–Kier alpha value is -0.160. The zero-order chi connectivity index (χ0) is 13.3. The SMILES string of the molecule is CN(CC1CCCC1)C1CC2(CCC1O)OCCO2. The molecule has 2 saturated carbocycles. The average Bonchev–Trinajstić information content (AvgIpc) is 3.05. The summed E-state index contributed by atoms with van der Waals surface area (Å²) in [7, 11) is 2.15. The maximum Gasteiger partial charge on any atom is 0.170 e. The first-order valence-electron chi connectivity index (χ1n) is 7.85. The molecule has 0 aromatic carbocycles. The van der Waals surface area contributed by atoms with Crippen molar-refractivity contribution in [1.82, 2.24) is 4.90 Å². The van der Waals surface area contributed by atoms with Crippen LogP contribution in [0.15, 0.2) is 0 Å². The van der Waals surface area contributed by atoms with Crippen LogP contribution in [0.2, 0.25) is 0 Å². The van der Waals surface area contributed by atoms with Crippen LogP contribution >= 0.6 is 0 Å². The number of hydrogen-bond donors (Lipinski definition) is 1. The zero-order valence-electron chi connectivity index (χ0n) is 12.0. The van der Waals surface area contributed by atoms with Crippen LogP contribution in [0.1, 0.15) is 44.9 Å². The summed E-state index contributed by atoms with van der Waals surface area (Å²) in [6.07, 6.45) is 7.67. The summed E-state index contributed by atoms with van der Waals surface area (Å²) in [4.78, 5) is 2.35. The molecule has 110 valence electrons. The van der Waals surface area contributed by atoms with Crippen LogP contribution in [0.5, 0.6) is 0 Å². The van der Waals surface area contributed by atoms with Gasteiger partial charge in [0.05, 0.1) is 19.3 Å². The summed E-state index contributed by atoms with van der Waals surface area (Å²) in [5, 5.41) is 10.3. The monoisotopic (exact) mass is 269 g/mol. The van der Waals surface area contributed by atoms with Crippen LogP contribution in [-0.2, 0) is 9.47 Å². The van der Waals surface area contributed by atoms with Crippen molar-refractivity contribution >= 4 is 0 Å². The highest BCUT2D eigenvalue weighted by Gasteiger charge is 2.46. The van der Waals surface area contributed by atoms with E-state index in [0.717, 1.165) is 31.7 Å². The molecule has 2 atom stereocenters. The minimum absolute atomic E-state index is 0.187. The molecule has 3 rings (SSSR count). The number of ether oxygens (including phenoxy) is 2. The molecule has 0 bridgehead atoms. The van der Waals surface area contributed by atoms with Crippen molar-refractivity contribution in [3.8, 4) is 0 Å². The van der Waals surface area contributed by atoms with Gasteiger partial charge in [-0.15, -0.1) is 0 Å². The molecular weight excluding hydrogens is 242 g/mol. The van der Waals surface area contributed by atoms with Crippen LogP contribution in [0, 0.1) is 5.92 Å². The third kappa shape index (κ3) is 2.97. The van der Waals surface area contributed by atoms with E-state index in [1.54, 1.807) is 0 Å². The molecule has 2 unspecified atom stereocenters. The van der Waals surface area contributed by atoms with E-state index in [9.17, 15) is 5.11 Å². The molecule has 3 fully saturated rings. The summed E-state index contributed by atoms with van der Waals surface area (Å²) in [5.74, 6) is 0.425. The molecule has 1 spiro atoms. The Balaban J connectivity index is 1.60. The van der Waals surface area contributed by atoms with Crippen molar-refractivity contribution < 1.29 is 14.6 Å². The third-order valence-corrected chi connectivity index (χ3v) is 5.19. The highest BCUT2D eigenvalue weighted by Crippen LogP contribution is 2.38.